The Hall–Kier alpha value is 0.650. The minimum absolute atomic E-state index is 0.431. The molecule has 96 valence electrons. The Bertz CT molecular complexity index is 336. The molecule has 1 aliphatic rings. The lowest BCUT2D eigenvalue weighted by molar-refractivity contribution is 0.537. The topological polar surface area (TPSA) is 12.0 Å². The first-order chi connectivity index (χ1) is 8.33. The van der Waals surface area contributed by atoms with E-state index in [1.807, 2.05) is 6.07 Å². The van der Waals surface area contributed by atoms with Crippen LogP contribution >= 0.6 is 46.5 Å². The summed E-state index contributed by atoms with van der Waals surface area (Å²) in [5, 5.41) is 7.36. The lowest BCUT2D eigenvalue weighted by Gasteiger charge is -2.30. The largest absolute Gasteiger partial charge is 0.308 e. The van der Waals surface area contributed by atoms with Crippen LogP contribution in [-0.4, -0.2) is 29.1 Å². The molecule has 0 aliphatic carbocycles. The molecule has 0 aromatic carbocycles. The predicted octanol–water partition coefficient (Wildman–Crippen LogP) is 4.29. The molecule has 2 heterocycles. The van der Waals surface area contributed by atoms with Gasteiger partial charge in [0.25, 0.3) is 0 Å². The second kappa shape index (κ2) is 7.29. The van der Waals surface area contributed by atoms with E-state index in [-0.39, 0.29) is 0 Å². The third-order valence-corrected chi connectivity index (χ3v) is 7.06. The first-order valence-electron chi connectivity index (χ1n) is 5.98. The van der Waals surface area contributed by atoms with Crippen LogP contribution in [0, 0.1) is 0 Å². The minimum atomic E-state index is 0.431. The SMILES string of the molecule is CCCNC(c1sccc1Cl)C1CSCCS1. The molecule has 1 aromatic heterocycles. The molecule has 1 aliphatic heterocycles. The molecule has 1 fully saturated rings. The van der Waals surface area contributed by atoms with Gasteiger partial charge in [-0.1, -0.05) is 18.5 Å². The zero-order valence-corrected chi connectivity index (χ0v) is 13.2. The van der Waals surface area contributed by atoms with Crippen molar-refractivity contribution >= 4 is 46.5 Å². The summed E-state index contributed by atoms with van der Waals surface area (Å²) in [6.07, 6.45) is 1.17. The molecule has 5 heteroatoms. The number of thioether (sulfide) groups is 2. The van der Waals surface area contributed by atoms with Gasteiger partial charge < -0.3 is 5.32 Å². The quantitative estimate of drug-likeness (QED) is 0.871. The maximum absolute atomic E-state index is 6.29. The van der Waals surface area contributed by atoms with Gasteiger partial charge in [-0.25, -0.2) is 0 Å². The van der Waals surface area contributed by atoms with E-state index in [0.717, 1.165) is 11.6 Å². The van der Waals surface area contributed by atoms with Crippen molar-refractivity contribution in [3.8, 4) is 0 Å². The molecule has 2 atom stereocenters. The summed E-state index contributed by atoms with van der Waals surface area (Å²) in [5.41, 5.74) is 0. The molecule has 0 saturated carbocycles. The van der Waals surface area contributed by atoms with Crippen molar-refractivity contribution in [3.05, 3.63) is 21.3 Å². The van der Waals surface area contributed by atoms with Gasteiger partial charge in [-0.3, -0.25) is 0 Å². The second-order valence-electron chi connectivity index (χ2n) is 4.05. The van der Waals surface area contributed by atoms with Crippen molar-refractivity contribution < 1.29 is 0 Å². The Morgan fingerprint density at radius 2 is 2.41 bits per heavy atom. The van der Waals surface area contributed by atoms with Crippen molar-refractivity contribution in [2.45, 2.75) is 24.6 Å². The molecular weight excluding hydrogens is 290 g/mol. The Kier molecular flexibility index (Phi) is 6.03. The zero-order chi connectivity index (χ0) is 12.1. The predicted molar refractivity (Wildman–Crippen MR) is 83.9 cm³/mol. The fraction of sp³-hybridized carbons (Fsp3) is 0.667. The Balaban J connectivity index is 2.09. The van der Waals surface area contributed by atoms with E-state index in [4.69, 9.17) is 11.6 Å². The van der Waals surface area contributed by atoms with Crippen molar-refractivity contribution in [2.24, 2.45) is 0 Å². The molecule has 2 rings (SSSR count). The minimum Gasteiger partial charge on any atom is -0.308 e. The highest BCUT2D eigenvalue weighted by Crippen LogP contribution is 2.38. The fourth-order valence-corrected chi connectivity index (χ4v) is 6.17. The van der Waals surface area contributed by atoms with Crippen LogP contribution < -0.4 is 5.32 Å². The highest BCUT2D eigenvalue weighted by molar-refractivity contribution is 8.06. The van der Waals surface area contributed by atoms with Crippen molar-refractivity contribution in [1.29, 1.82) is 0 Å². The van der Waals surface area contributed by atoms with Gasteiger partial charge >= 0.3 is 0 Å². The monoisotopic (exact) mass is 307 g/mol. The van der Waals surface area contributed by atoms with E-state index in [2.05, 4.69) is 41.1 Å². The van der Waals surface area contributed by atoms with Gasteiger partial charge in [-0.05, 0) is 24.4 Å². The van der Waals surface area contributed by atoms with Gasteiger partial charge in [0.1, 0.15) is 0 Å². The highest BCUT2D eigenvalue weighted by atomic mass is 35.5. The van der Waals surface area contributed by atoms with Crippen LogP contribution in [0.15, 0.2) is 11.4 Å². The second-order valence-corrected chi connectivity index (χ2v) is 7.90. The van der Waals surface area contributed by atoms with E-state index in [1.54, 1.807) is 11.3 Å². The van der Waals surface area contributed by atoms with Crippen LogP contribution in [0.1, 0.15) is 24.3 Å². The van der Waals surface area contributed by atoms with E-state index < -0.39 is 0 Å². The van der Waals surface area contributed by atoms with Gasteiger partial charge in [0.05, 0.1) is 11.1 Å². The van der Waals surface area contributed by atoms with Gasteiger partial charge in [0.2, 0.25) is 0 Å². The van der Waals surface area contributed by atoms with Crippen LogP contribution in [0.3, 0.4) is 0 Å². The van der Waals surface area contributed by atoms with Crippen molar-refractivity contribution in [2.75, 3.05) is 23.8 Å². The lowest BCUT2D eigenvalue weighted by Crippen LogP contribution is -2.33. The van der Waals surface area contributed by atoms with E-state index in [1.165, 1.54) is 28.6 Å². The van der Waals surface area contributed by atoms with E-state index in [9.17, 15) is 0 Å². The summed E-state index contributed by atoms with van der Waals surface area (Å²) in [5.74, 6) is 3.79. The molecule has 0 bridgehead atoms. The Labute approximate surface area is 121 Å². The Morgan fingerprint density at radius 3 is 3.00 bits per heavy atom. The summed E-state index contributed by atoms with van der Waals surface area (Å²) >= 11 is 12.2. The first kappa shape index (κ1) is 14.1. The highest BCUT2D eigenvalue weighted by Gasteiger charge is 2.27. The molecule has 17 heavy (non-hydrogen) atoms. The maximum atomic E-state index is 6.29. The maximum Gasteiger partial charge on any atom is 0.0561 e. The van der Waals surface area contributed by atoms with Crippen LogP contribution in [0.25, 0.3) is 0 Å². The molecule has 2 unspecified atom stereocenters. The first-order valence-corrected chi connectivity index (χ1v) is 9.44. The summed E-state index contributed by atoms with van der Waals surface area (Å²) in [6.45, 7) is 3.28. The van der Waals surface area contributed by atoms with Crippen LogP contribution in [0.5, 0.6) is 0 Å². The summed E-state index contributed by atoms with van der Waals surface area (Å²) < 4.78 is 0. The van der Waals surface area contributed by atoms with Crippen LogP contribution in [0.4, 0.5) is 0 Å². The zero-order valence-electron chi connectivity index (χ0n) is 9.95. The average molecular weight is 308 g/mol. The van der Waals surface area contributed by atoms with Crippen molar-refractivity contribution in [1.82, 2.24) is 5.32 Å². The van der Waals surface area contributed by atoms with Crippen LogP contribution in [-0.2, 0) is 0 Å². The molecular formula is C12H18ClNS3. The molecule has 1 aromatic rings. The number of hydrogen-bond acceptors (Lipinski definition) is 4. The molecule has 0 amide bonds. The summed E-state index contributed by atoms with van der Waals surface area (Å²) in [4.78, 5) is 1.32. The summed E-state index contributed by atoms with van der Waals surface area (Å²) in [7, 11) is 0. The average Bonchev–Trinajstić information content (AvgIpc) is 2.78. The number of thiophene rings is 1. The number of nitrogens with one attached hydrogen (secondary N) is 1. The Morgan fingerprint density at radius 1 is 1.53 bits per heavy atom. The lowest BCUT2D eigenvalue weighted by atomic mass is 10.1. The van der Waals surface area contributed by atoms with Crippen LogP contribution in [0.2, 0.25) is 5.02 Å². The number of rotatable bonds is 5. The molecule has 0 spiro atoms. The van der Waals surface area contributed by atoms with Gasteiger partial charge in [-0.2, -0.15) is 23.5 Å². The number of hydrogen-bond donors (Lipinski definition) is 1. The van der Waals surface area contributed by atoms with Gasteiger partial charge in [0, 0.05) is 27.4 Å². The van der Waals surface area contributed by atoms with E-state index in [0.29, 0.717) is 11.3 Å². The van der Waals surface area contributed by atoms with Crippen molar-refractivity contribution in [3.63, 3.8) is 0 Å². The molecule has 1 saturated heterocycles. The number of halogens is 1. The third kappa shape index (κ3) is 3.80. The molecule has 1 N–H and O–H groups in total. The summed E-state index contributed by atoms with van der Waals surface area (Å²) in [6, 6.07) is 2.45. The smallest absolute Gasteiger partial charge is 0.0561 e. The van der Waals surface area contributed by atoms with Gasteiger partial charge in [0.15, 0.2) is 0 Å². The fourth-order valence-electron chi connectivity index (χ4n) is 1.92. The molecule has 1 nitrogen and oxygen atoms in total. The van der Waals surface area contributed by atoms with E-state index >= 15 is 0 Å². The standard InChI is InChI=1S/C12H18ClNS3/c1-2-4-14-11(10-8-15-6-7-16-10)12-9(13)3-5-17-12/h3,5,10-11,14H,2,4,6-8H2,1H3. The third-order valence-electron chi connectivity index (χ3n) is 2.75. The van der Waals surface area contributed by atoms with Gasteiger partial charge in [-0.15, -0.1) is 11.3 Å². The molecule has 0 radical (unpaired) electrons. The normalized spacial score (nSPS) is 22.6.